The van der Waals surface area contributed by atoms with Gasteiger partial charge in [-0.15, -0.1) is 0 Å². The van der Waals surface area contributed by atoms with Crippen LogP contribution in [0.2, 0.25) is 0 Å². The molecule has 51 heavy (non-hydrogen) atoms. The Labute approximate surface area is 300 Å². The van der Waals surface area contributed by atoms with E-state index in [0.29, 0.717) is 76.5 Å². The standard InChI is InChI=1S/C38H53F2N7O4/c1-38(2)12-8-27(9-13-38)47(37(50)33-5-4-20-51-33)28-22-32(36(49)44-18-16-43(3)17-19-44)46(24-28)35(48)25-11-15-45(23-25)34-30(10-14-41-42-34)29-7-6-26(39)21-31(29)40/h6-7,10,21,25,27-28,32-33,41H,4-5,8-9,11-20,22-24H2,1-3H3/t25-,28-,32-,33-/m0/s1. The minimum absolute atomic E-state index is 0.00416. The number of halogens is 2. The second kappa shape index (κ2) is 14.8. The van der Waals surface area contributed by atoms with Crippen LogP contribution < -0.4 is 5.43 Å². The number of rotatable bonds is 6. The summed E-state index contributed by atoms with van der Waals surface area (Å²) < 4.78 is 34.6. The van der Waals surface area contributed by atoms with Gasteiger partial charge in [0.15, 0.2) is 5.84 Å². The van der Waals surface area contributed by atoms with Crippen molar-refractivity contribution in [1.29, 1.82) is 0 Å². The second-order valence-corrected chi connectivity index (χ2v) is 16.1. The van der Waals surface area contributed by atoms with Crippen molar-refractivity contribution in [2.75, 3.05) is 66.0 Å². The number of nitrogens with zero attached hydrogens (tertiary/aromatic N) is 6. The molecule has 6 aliphatic rings. The van der Waals surface area contributed by atoms with Gasteiger partial charge in [0, 0.05) is 75.7 Å². The first-order chi connectivity index (χ1) is 24.5. The quantitative estimate of drug-likeness (QED) is 0.484. The molecule has 4 saturated heterocycles. The van der Waals surface area contributed by atoms with Crippen LogP contribution in [-0.2, 0) is 19.1 Å². The highest BCUT2D eigenvalue weighted by molar-refractivity contribution is 6.23. The van der Waals surface area contributed by atoms with Gasteiger partial charge < -0.3 is 34.7 Å². The fourth-order valence-electron chi connectivity index (χ4n) is 8.98. The zero-order valence-corrected chi connectivity index (χ0v) is 30.3. The Morgan fingerprint density at radius 3 is 2.43 bits per heavy atom. The molecule has 3 amide bonds. The molecule has 1 saturated carbocycles. The third-order valence-corrected chi connectivity index (χ3v) is 12.1. The first-order valence-electron chi connectivity index (χ1n) is 18.9. The van der Waals surface area contributed by atoms with Crippen molar-refractivity contribution >= 4 is 29.1 Å². The summed E-state index contributed by atoms with van der Waals surface area (Å²) in [4.78, 5) is 53.1. The van der Waals surface area contributed by atoms with Gasteiger partial charge >= 0.3 is 0 Å². The zero-order chi connectivity index (χ0) is 35.9. The van der Waals surface area contributed by atoms with Crippen LogP contribution in [0.5, 0.6) is 0 Å². The summed E-state index contributed by atoms with van der Waals surface area (Å²) in [5.74, 6) is -1.34. The summed E-state index contributed by atoms with van der Waals surface area (Å²) in [7, 11) is 2.05. The van der Waals surface area contributed by atoms with E-state index in [4.69, 9.17) is 4.74 Å². The predicted octanol–water partition coefficient (Wildman–Crippen LogP) is 3.31. The highest BCUT2D eigenvalue weighted by Crippen LogP contribution is 2.40. The topological polar surface area (TPSA) is 101 Å². The van der Waals surface area contributed by atoms with Gasteiger partial charge in [-0.05, 0) is 76.0 Å². The zero-order valence-electron chi connectivity index (χ0n) is 30.3. The number of likely N-dealkylation sites (tertiary alicyclic amines) is 2. The number of carbonyl (C=O) groups excluding carboxylic acids is 3. The van der Waals surface area contributed by atoms with E-state index >= 15 is 0 Å². The van der Waals surface area contributed by atoms with Gasteiger partial charge in [0.25, 0.3) is 5.91 Å². The number of benzene rings is 1. The van der Waals surface area contributed by atoms with Crippen LogP contribution >= 0.6 is 0 Å². The second-order valence-electron chi connectivity index (χ2n) is 16.1. The summed E-state index contributed by atoms with van der Waals surface area (Å²) >= 11 is 0. The molecule has 1 aliphatic carbocycles. The number of amidine groups is 1. The number of likely N-dealkylation sites (N-methyl/N-ethyl adjacent to an activating group) is 1. The first kappa shape index (κ1) is 35.8. The number of ether oxygens (including phenoxy) is 1. The largest absolute Gasteiger partial charge is 0.368 e. The number of hydrogen-bond donors (Lipinski definition) is 1. The molecule has 7 rings (SSSR count). The third kappa shape index (κ3) is 7.51. The van der Waals surface area contributed by atoms with Crippen molar-refractivity contribution in [3.05, 3.63) is 41.5 Å². The maximum Gasteiger partial charge on any atom is 0.252 e. The van der Waals surface area contributed by atoms with Gasteiger partial charge in [0.2, 0.25) is 11.8 Å². The maximum atomic E-state index is 14.9. The Balaban J connectivity index is 1.13. The molecule has 0 spiro atoms. The molecule has 11 nitrogen and oxygen atoms in total. The van der Waals surface area contributed by atoms with Crippen LogP contribution in [-0.4, -0.2) is 138 Å². The molecule has 278 valence electrons. The summed E-state index contributed by atoms with van der Waals surface area (Å²) in [6, 6.07) is 2.64. The lowest BCUT2D eigenvalue weighted by Crippen LogP contribution is -2.54. The van der Waals surface area contributed by atoms with Crippen molar-refractivity contribution in [2.24, 2.45) is 16.4 Å². The van der Waals surface area contributed by atoms with E-state index in [1.165, 1.54) is 12.1 Å². The Morgan fingerprint density at radius 2 is 1.73 bits per heavy atom. The molecule has 1 N–H and O–H groups in total. The average Bonchev–Trinajstić information content (AvgIpc) is 3.91. The number of piperazine rings is 1. The average molecular weight is 710 g/mol. The molecule has 5 aliphatic heterocycles. The highest BCUT2D eigenvalue weighted by Gasteiger charge is 2.50. The van der Waals surface area contributed by atoms with E-state index in [1.54, 1.807) is 4.90 Å². The van der Waals surface area contributed by atoms with Gasteiger partial charge in [-0.25, -0.2) is 8.78 Å². The van der Waals surface area contributed by atoms with Crippen molar-refractivity contribution in [2.45, 2.75) is 89.4 Å². The molecular weight excluding hydrogens is 656 g/mol. The van der Waals surface area contributed by atoms with Crippen molar-refractivity contribution in [1.82, 2.24) is 29.9 Å². The Morgan fingerprint density at radius 1 is 0.961 bits per heavy atom. The molecule has 13 heteroatoms. The number of nitrogens with one attached hydrogen (secondary N) is 1. The van der Waals surface area contributed by atoms with Crippen LogP contribution in [0.3, 0.4) is 0 Å². The number of hydrazone groups is 1. The lowest BCUT2D eigenvalue weighted by molar-refractivity contribution is -0.148. The lowest BCUT2D eigenvalue weighted by Gasteiger charge is -2.43. The molecular formula is C38H53F2N7O4. The van der Waals surface area contributed by atoms with Gasteiger partial charge in [-0.3, -0.25) is 14.4 Å². The molecule has 4 atom stereocenters. The summed E-state index contributed by atoms with van der Waals surface area (Å²) in [6.07, 6.45) is 7.68. The molecule has 0 unspecified atom stereocenters. The smallest absolute Gasteiger partial charge is 0.252 e. The van der Waals surface area contributed by atoms with Crippen LogP contribution in [0.15, 0.2) is 29.4 Å². The van der Waals surface area contributed by atoms with Gasteiger partial charge in [0.1, 0.15) is 23.8 Å². The number of hydrogen-bond acceptors (Lipinski definition) is 8. The Bertz CT molecular complexity index is 1540. The van der Waals surface area contributed by atoms with Gasteiger partial charge in [-0.2, -0.15) is 5.10 Å². The molecule has 5 fully saturated rings. The van der Waals surface area contributed by atoms with Crippen LogP contribution in [0.25, 0.3) is 5.57 Å². The van der Waals surface area contributed by atoms with Crippen LogP contribution in [0.1, 0.15) is 70.8 Å². The van der Waals surface area contributed by atoms with Gasteiger partial charge in [-0.1, -0.05) is 19.9 Å². The fraction of sp³-hybridized carbons (Fsp3) is 0.684. The molecule has 1 aromatic rings. The number of amides is 3. The molecule has 0 aromatic heterocycles. The van der Waals surface area contributed by atoms with E-state index in [-0.39, 0.29) is 40.8 Å². The number of carbonyl (C=O) groups is 3. The van der Waals surface area contributed by atoms with E-state index in [2.05, 4.69) is 29.3 Å². The van der Waals surface area contributed by atoms with Gasteiger partial charge in [0.05, 0.1) is 18.5 Å². The Hall–Kier alpha value is -3.58. The van der Waals surface area contributed by atoms with Crippen LogP contribution in [0.4, 0.5) is 8.78 Å². The van der Waals surface area contributed by atoms with E-state index in [1.807, 2.05) is 27.8 Å². The van der Waals surface area contributed by atoms with Crippen molar-refractivity contribution in [3.8, 4) is 0 Å². The lowest BCUT2D eigenvalue weighted by atomic mass is 9.75. The SMILES string of the molecule is CN1CCN(C(=O)[C@@H]2C[C@H](N(C(=O)[C@@H]3CCCO3)C3CCC(C)(C)CC3)CN2C(=O)[C@H]2CCN(C3=NNCC=C3c3ccc(F)cc3F)C2)CC1. The summed E-state index contributed by atoms with van der Waals surface area (Å²) in [5.41, 5.74) is 4.00. The van der Waals surface area contributed by atoms with Crippen LogP contribution in [0, 0.1) is 23.0 Å². The minimum atomic E-state index is -0.667. The summed E-state index contributed by atoms with van der Waals surface area (Å²) in [6.45, 7) is 9.48. The minimum Gasteiger partial charge on any atom is -0.368 e. The monoisotopic (exact) mass is 709 g/mol. The maximum absolute atomic E-state index is 14.9. The highest BCUT2D eigenvalue weighted by atomic mass is 19.1. The summed E-state index contributed by atoms with van der Waals surface area (Å²) in [5, 5.41) is 4.51. The Kier molecular flexibility index (Phi) is 10.4. The molecule has 5 heterocycles. The molecule has 0 bridgehead atoms. The third-order valence-electron chi connectivity index (χ3n) is 12.1. The molecule has 0 radical (unpaired) electrons. The normalized spacial score (nSPS) is 28.8. The molecule has 1 aromatic carbocycles. The van der Waals surface area contributed by atoms with Crippen molar-refractivity contribution < 1.29 is 27.9 Å². The van der Waals surface area contributed by atoms with E-state index < -0.39 is 29.7 Å². The first-order valence-corrected chi connectivity index (χ1v) is 18.9. The predicted molar refractivity (Wildman–Crippen MR) is 189 cm³/mol. The van der Waals surface area contributed by atoms with Crippen molar-refractivity contribution in [3.63, 3.8) is 0 Å². The van der Waals surface area contributed by atoms with E-state index in [0.717, 1.165) is 51.3 Å². The van der Waals surface area contributed by atoms with E-state index in [9.17, 15) is 23.2 Å². The fourth-order valence-corrected chi connectivity index (χ4v) is 8.98.